The zero-order chi connectivity index (χ0) is 12.3. The van der Waals surface area contributed by atoms with Gasteiger partial charge in [-0.15, -0.1) is 0 Å². The standard InChI is InChI=1S/C13H16BrNO2/c1-17-13(16)12-8-11(14)5-4-10(12)9-15-6-2-3-7-15/h4-5,8H,2-3,6-7,9H2,1H3. The van der Waals surface area contributed by atoms with Gasteiger partial charge in [0.15, 0.2) is 0 Å². The highest BCUT2D eigenvalue weighted by atomic mass is 79.9. The van der Waals surface area contributed by atoms with Crippen molar-refractivity contribution in [2.24, 2.45) is 0 Å². The molecule has 0 radical (unpaired) electrons. The van der Waals surface area contributed by atoms with Crippen LogP contribution in [0.5, 0.6) is 0 Å². The van der Waals surface area contributed by atoms with Crippen LogP contribution in [0, 0.1) is 0 Å². The van der Waals surface area contributed by atoms with E-state index < -0.39 is 0 Å². The van der Waals surface area contributed by atoms with E-state index in [1.807, 2.05) is 18.2 Å². The normalized spacial score (nSPS) is 16.1. The van der Waals surface area contributed by atoms with Crippen molar-refractivity contribution in [1.29, 1.82) is 0 Å². The highest BCUT2D eigenvalue weighted by molar-refractivity contribution is 9.10. The molecule has 0 spiro atoms. The second-order valence-corrected chi connectivity index (χ2v) is 5.19. The molecule has 1 aromatic carbocycles. The molecule has 92 valence electrons. The van der Waals surface area contributed by atoms with E-state index in [0.717, 1.165) is 29.7 Å². The number of methoxy groups -OCH3 is 1. The Kier molecular flexibility index (Phi) is 4.18. The molecule has 0 N–H and O–H groups in total. The third-order valence-corrected chi connectivity index (χ3v) is 3.56. The van der Waals surface area contributed by atoms with Crippen molar-refractivity contribution in [3.63, 3.8) is 0 Å². The van der Waals surface area contributed by atoms with Gasteiger partial charge in [0, 0.05) is 11.0 Å². The predicted molar refractivity (Wildman–Crippen MR) is 70.0 cm³/mol. The summed E-state index contributed by atoms with van der Waals surface area (Å²) >= 11 is 3.39. The minimum Gasteiger partial charge on any atom is -0.465 e. The van der Waals surface area contributed by atoms with Crippen molar-refractivity contribution in [1.82, 2.24) is 4.90 Å². The Labute approximate surface area is 110 Å². The molecular formula is C13H16BrNO2. The average Bonchev–Trinajstić information content (AvgIpc) is 2.83. The minimum atomic E-state index is -0.263. The molecule has 1 aliphatic rings. The number of halogens is 1. The number of ether oxygens (including phenoxy) is 1. The number of rotatable bonds is 3. The maximum Gasteiger partial charge on any atom is 0.338 e. The van der Waals surface area contributed by atoms with Crippen molar-refractivity contribution < 1.29 is 9.53 Å². The van der Waals surface area contributed by atoms with Crippen LogP contribution in [0.2, 0.25) is 0 Å². The van der Waals surface area contributed by atoms with E-state index in [1.165, 1.54) is 20.0 Å². The maximum atomic E-state index is 11.7. The van der Waals surface area contributed by atoms with E-state index in [9.17, 15) is 4.79 Å². The number of esters is 1. The Morgan fingerprint density at radius 1 is 1.41 bits per heavy atom. The Hall–Kier alpha value is -0.870. The molecule has 0 saturated carbocycles. The van der Waals surface area contributed by atoms with E-state index in [2.05, 4.69) is 20.8 Å². The van der Waals surface area contributed by atoms with Crippen LogP contribution in [0.4, 0.5) is 0 Å². The highest BCUT2D eigenvalue weighted by Crippen LogP contribution is 2.21. The summed E-state index contributed by atoms with van der Waals surface area (Å²) < 4.78 is 5.72. The molecule has 3 nitrogen and oxygen atoms in total. The molecule has 1 aliphatic heterocycles. The first-order valence-electron chi connectivity index (χ1n) is 5.80. The quantitative estimate of drug-likeness (QED) is 0.804. The number of carbonyl (C=O) groups is 1. The van der Waals surface area contributed by atoms with Gasteiger partial charge in [-0.2, -0.15) is 0 Å². The fourth-order valence-electron chi connectivity index (χ4n) is 2.17. The van der Waals surface area contributed by atoms with Gasteiger partial charge in [-0.3, -0.25) is 4.90 Å². The molecular weight excluding hydrogens is 282 g/mol. The first-order valence-corrected chi connectivity index (χ1v) is 6.59. The average molecular weight is 298 g/mol. The number of hydrogen-bond donors (Lipinski definition) is 0. The van der Waals surface area contributed by atoms with Gasteiger partial charge in [-0.05, 0) is 43.6 Å². The predicted octanol–water partition coefficient (Wildman–Crippen LogP) is 2.83. The maximum absolute atomic E-state index is 11.7. The van der Waals surface area contributed by atoms with Crippen LogP contribution in [0.3, 0.4) is 0 Å². The summed E-state index contributed by atoms with van der Waals surface area (Å²) in [6.45, 7) is 3.07. The zero-order valence-electron chi connectivity index (χ0n) is 9.91. The molecule has 2 rings (SSSR count). The number of likely N-dealkylation sites (tertiary alicyclic amines) is 1. The lowest BCUT2D eigenvalue weighted by Crippen LogP contribution is -2.20. The number of benzene rings is 1. The third-order valence-electron chi connectivity index (χ3n) is 3.07. The monoisotopic (exact) mass is 297 g/mol. The van der Waals surface area contributed by atoms with Crippen LogP contribution < -0.4 is 0 Å². The Morgan fingerprint density at radius 2 is 2.12 bits per heavy atom. The van der Waals surface area contributed by atoms with Gasteiger partial charge in [0.1, 0.15) is 0 Å². The molecule has 17 heavy (non-hydrogen) atoms. The Bertz CT molecular complexity index is 414. The van der Waals surface area contributed by atoms with Gasteiger partial charge in [-0.1, -0.05) is 22.0 Å². The summed E-state index contributed by atoms with van der Waals surface area (Å²) in [6, 6.07) is 5.80. The van der Waals surface area contributed by atoms with Crippen molar-refractivity contribution in [3.8, 4) is 0 Å². The number of carbonyl (C=O) groups excluding carboxylic acids is 1. The van der Waals surface area contributed by atoms with Crippen LogP contribution in [0.15, 0.2) is 22.7 Å². The molecule has 0 aromatic heterocycles. The molecule has 1 saturated heterocycles. The van der Waals surface area contributed by atoms with Crippen molar-refractivity contribution in [2.75, 3.05) is 20.2 Å². The third kappa shape index (κ3) is 3.07. The van der Waals surface area contributed by atoms with Crippen molar-refractivity contribution >= 4 is 21.9 Å². The summed E-state index contributed by atoms with van der Waals surface area (Å²) in [7, 11) is 1.42. The van der Waals surface area contributed by atoms with Gasteiger partial charge in [0.05, 0.1) is 12.7 Å². The molecule has 0 atom stereocenters. The Balaban J connectivity index is 2.22. The van der Waals surface area contributed by atoms with Gasteiger partial charge < -0.3 is 4.74 Å². The second-order valence-electron chi connectivity index (χ2n) is 4.28. The first kappa shape index (κ1) is 12.6. The lowest BCUT2D eigenvalue weighted by atomic mass is 10.1. The fraction of sp³-hybridized carbons (Fsp3) is 0.462. The van der Waals surface area contributed by atoms with E-state index in [4.69, 9.17) is 4.74 Å². The van der Waals surface area contributed by atoms with E-state index in [0.29, 0.717) is 5.56 Å². The van der Waals surface area contributed by atoms with Gasteiger partial charge in [-0.25, -0.2) is 4.79 Å². The summed E-state index contributed by atoms with van der Waals surface area (Å²) in [5.74, 6) is -0.263. The van der Waals surface area contributed by atoms with Crippen LogP contribution >= 0.6 is 15.9 Å². The number of hydrogen-bond acceptors (Lipinski definition) is 3. The molecule has 0 aliphatic carbocycles. The fourth-order valence-corrected chi connectivity index (χ4v) is 2.53. The summed E-state index contributed by atoms with van der Waals surface area (Å²) in [5, 5.41) is 0. The minimum absolute atomic E-state index is 0.263. The van der Waals surface area contributed by atoms with E-state index in [-0.39, 0.29) is 5.97 Å². The van der Waals surface area contributed by atoms with Crippen molar-refractivity contribution in [3.05, 3.63) is 33.8 Å². The summed E-state index contributed by atoms with van der Waals surface area (Å²) in [4.78, 5) is 14.1. The smallest absolute Gasteiger partial charge is 0.338 e. The van der Waals surface area contributed by atoms with Crippen LogP contribution in [-0.4, -0.2) is 31.1 Å². The first-order chi connectivity index (χ1) is 8.20. The summed E-state index contributed by atoms with van der Waals surface area (Å²) in [6.07, 6.45) is 2.51. The lowest BCUT2D eigenvalue weighted by molar-refractivity contribution is 0.0598. The number of nitrogens with zero attached hydrogens (tertiary/aromatic N) is 1. The topological polar surface area (TPSA) is 29.5 Å². The van der Waals surface area contributed by atoms with Crippen LogP contribution in [-0.2, 0) is 11.3 Å². The molecule has 4 heteroatoms. The molecule has 0 amide bonds. The Morgan fingerprint density at radius 3 is 2.76 bits per heavy atom. The van der Waals surface area contributed by atoms with Crippen LogP contribution in [0.25, 0.3) is 0 Å². The van der Waals surface area contributed by atoms with E-state index >= 15 is 0 Å². The van der Waals surface area contributed by atoms with E-state index in [1.54, 1.807) is 0 Å². The lowest BCUT2D eigenvalue weighted by Gasteiger charge is -2.16. The van der Waals surface area contributed by atoms with Gasteiger partial charge >= 0.3 is 5.97 Å². The SMILES string of the molecule is COC(=O)c1cc(Br)ccc1CN1CCCC1. The molecule has 1 heterocycles. The second kappa shape index (κ2) is 5.65. The molecule has 1 aromatic rings. The van der Waals surface area contributed by atoms with Crippen molar-refractivity contribution in [2.45, 2.75) is 19.4 Å². The zero-order valence-corrected chi connectivity index (χ0v) is 11.5. The summed E-state index contributed by atoms with van der Waals surface area (Å²) in [5.41, 5.74) is 1.70. The highest BCUT2D eigenvalue weighted by Gasteiger charge is 2.17. The molecule has 0 bridgehead atoms. The molecule has 1 fully saturated rings. The van der Waals surface area contributed by atoms with Gasteiger partial charge in [0.2, 0.25) is 0 Å². The largest absolute Gasteiger partial charge is 0.465 e. The van der Waals surface area contributed by atoms with Gasteiger partial charge in [0.25, 0.3) is 0 Å². The van der Waals surface area contributed by atoms with Crippen LogP contribution in [0.1, 0.15) is 28.8 Å². The molecule has 0 unspecified atom stereocenters.